The lowest BCUT2D eigenvalue weighted by Gasteiger charge is -2.14. The van der Waals surface area contributed by atoms with Gasteiger partial charge >= 0.3 is 0 Å². The summed E-state index contributed by atoms with van der Waals surface area (Å²) < 4.78 is 39.4. The van der Waals surface area contributed by atoms with Crippen molar-refractivity contribution in [3.8, 4) is 0 Å². The molecule has 0 aliphatic heterocycles. The van der Waals surface area contributed by atoms with E-state index in [1.54, 1.807) is 18.5 Å². The minimum absolute atomic E-state index is 0.339. The summed E-state index contributed by atoms with van der Waals surface area (Å²) in [5.74, 6) is -2.84. The normalized spacial score (nSPS) is 12.5. The second-order valence-electron chi connectivity index (χ2n) is 3.48. The first-order chi connectivity index (χ1) is 8.08. The number of nitrogens with one attached hydrogen (secondary N) is 1. The summed E-state index contributed by atoms with van der Waals surface area (Å²) in [6.07, 6.45) is 1.61. The highest BCUT2D eigenvalue weighted by atomic mass is 32.1. The highest BCUT2D eigenvalue weighted by Crippen LogP contribution is 2.26. The molecule has 0 fully saturated rings. The molecular weight excluding hydrogens is 249 g/mol. The number of rotatable bonds is 3. The quantitative estimate of drug-likeness (QED) is 0.907. The molecule has 90 valence electrons. The van der Waals surface area contributed by atoms with Crippen LogP contribution in [0.25, 0.3) is 0 Å². The molecule has 0 saturated heterocycles. The molecule has 0 aliphatic rings. The number of anilines is 1. The van der Waals surface area contributed by atoms with Gasteiger partial charge in [-0.05, 0) is 6.92 Å². The standard InChI is InChI=1S/C11H9F3N2S/c1-6(11-15-2-3-17-11)16-10-8(13)4-7(12)5-9(10)14/h2-6,16H,1H3. The minimum atomic E-state index is -0.953. The average Bonchev–Trinajstić information content (AvgIpc) is 2.76. The Bertz CT molecular complexity index is 490. The van der Waals surface area contributed by atoms with E-state index in [1.165, 1.54) is 11.3 Å². The van der Waals surface area contributed by atoms with Crippen LogP contribution in [0.15, 0.2) is 23.7 Å². The number of nitrogens with zero attached hydrogens (tertiary/aromatic N) is 1. The molecule has 0 saturated carbocycles. The molecule has 2 nitrogen and oxygen atoms in total. The number of halogens is 3. The molecule has 6 heteroatoms. The van der Waals surface area contributed by atoms with Crippen molar-refractivity contribution < 1.29 is 13.2 Å². The SMILES string of the molecule is CC(Nc1c(F)cc(F)cc1F)c1nccs1. The van der Waals surface area contributed by atoms with Crippen LogP contribution in [0.5, 0.6) is 0 Å². The summed E-state index contributed by atoms with van der Waals surface area (Å²) in [5, 5.41) is 5.11. The minimum Gasteiger partial charge on any atom is -0.371 e. The van der Waals surface area contributed by atoms with Crippen molar-refractivity contribution in [3.63, 3.8) is 0 Å². The lowest BCUT2D eigenvalue weighted by atomic mass is 10.2. The number of hydrogen-bond donors (Lipinski definition) is 1. The maximum Gasteiger partial charge on any atom is 0.152 e. The molecule has 0 spiro atoms. The van der Waals surface area contributed by atoms with Crippen molar-refractivity contribution >= 4 is 17.0 Å². The van der Waals surface area contributed by atoms with Crippen LogP contribution in [-0.2, 0) is 0 Å². The molecule has 0 bridgehead atoms. The Balaban J connectivity index is 2.25. The van der Waals surface area contributed by atoms with E-state index < -0.39 is 17.5 Å². The average molecular weight is 258 g/mol. The van der Waals surface area contributed by atoms with Crippen molar-refractivity contribution in [1.82, 2.24) is 4.98 Å². The van der Waals surface area contributed by atoms with Gasteiger partial charge in [0, 0.05) is 23.7 Å². The molecule has 1 aromatic heterocycles. The van der Waals surface area contributed by atoms with Crippen molar-refractivity contribution in [2.75, 3.05) is 5.32 Å². The van der Waals surface area contributed by atoms with Gasteiger partial charge < -0.3 is 5.32 Å². The molecule has 1 heterocycles. The Hall–Kier alpha value is -1.56. The Morgan fingerprint density at radius 3 is 2.41 bits per heavy atom. The van der Waals surface area contributed by atoms with Crippen LogP contribution >= 0.6 is 11.3 Å². The lowest BCUT2D eigenvalue weighted by Crippen LogP contribution is -2.09. The molecule has 1 atom stereocenters. The summed E-state index contributed by atoms with van der Waals surface area (Å²) in [6, 6.07) is 0.935. The third kappa shape index (κ3) is 2.58. The zero-order valence-electron chi connectivity index (χ0n) is 8.88. The summed E-state index contributed by atoms with van der Waals surface area (Å²) in [7, 11) is 0. The Kier molecular flexibility index (Phi) is 3.33. The van der Waals surface area contributed by atoms with Crippen LogP contribution in [0.2, 0.25) is 0 Å². The molecule has 17 heavy (non-hydrogen) atoms. The van der Waals surface area contributed by atoms with Gasteiger partial charge in [-0.15, -0.1) is 11.3 Å². The largest absolute Gasteiger partial charge is 0.371 e. The second kappa shape index (κ2) is 4.75. The smallest absolute Gasteiger partial charge is 0.152 e. The first kappa shape index (κ1) is 11.9. The molecule has 0 aliphatic carbocycles. The summed E-state index contributed by atoms with van der Waals surface area (Å²) in [6.45, 7) is 1.72. The van der Waals surface area contributed by atoms with Crippen molar-refractivity contribution in [1.29, 1.82) is 0 Å². The zero-order chi connectivity index (χ0) is 12.4. The summed E-state index contributed by atoms with van der Waals surface area (Å²) in [5.41, 5.74) is -0.339. The van der Waals surface area contributed by atoms with E-state index in [2.05, 4.69) is 10.3 Å². The number of thiazole rings is 1. The van der Waals surface area contributed by atoms with E-state index in [0.29, 0.717) is 17.1 Å². The molecule has 0 amide bonds. The van der Waals surface area contributed by atoms with Gasteiger partial charge in [-0.2, -0.15) is 0 Å². The number of hydrogen-bond acceptors (Lipinski definition) is 3. The van der Waals surface area contributed by atoms with Gasteiger partial charge in [-0.1, -0.05) is 0 Å². The Morgan fingerprint density at radius 2 is 1.88 bits per heavy atom. The number of aromatic nitrogens is 1. The third-order valence-electron chi connectivity index (χ3n) is 2.19. The van der Waals surface area contributed by atoms with Gasteiger partial charge in [-0.3, -0.25) is 0 Å². The molecule has 0 radical (unpaired) electrons. The van der Waals surface area contributed by atoms with E-state index in [9.17, 15) is 13.2 Å². The van der Waals surface area contributed by atoms with E-state index in [1.807, 2.05) is 0 Å². The fourth-order valence-electron chi connectivity index (χ4n) is 1.41. The highest BCUT2D eigenvalue weighted by Gasteiger charge is 2.15. The van der Waals surface area contributed by atoms with Crippen molar-refractivity contribution in [3.05, 3.63) is 46.2 Å². The first-order valence-corrected chi connectivity index (χ1v) is 5.76. The molecular formula is C11H9F3N2S. The van der Waals surface area contributed by atoms with Crippen LogP contribution in [0.4, 0.5) is 18.9 Å². The third-order valence-corrected chi connectivity index (χ3v) is 3.15. The molecule has 2 rings (SSSR count). The van der Waals surface area contributed by atoms with Gasteiger partial charge in [0.1, 0.15) is 16.5 Å². The van der Waals surface area contributed by atoms with Crippen LogP contribution < -0.4 is 5.32 Å². The number of benzene rings is 1. The Labute approximate surface area is 100 Å². The predicted molar refractivity (Wildman–Crippen MR) is 60.5 cm³/mol. The van der Waals surface area contributed by atoms with Gasteiger partial charge in [0.2, 0.25) is 0 Å². The van der Waals surface area contributed by atoms with E-state index in [0.717, 1.165) is 0 Å². The van der Waals surface area contributed by atoms with E-state index in [-0.39, 0.29) is 11.7 Å². The zero-order valence-corrected chi connectivity index (χ0v) is 9.69. The van der Waals surface area contributed by atoms with Gasteiger partial charge in [-0.25, -0.2) is 18.2 Å². The first-order valence-electron chi connectivity index (χ1n) is 4.88. The fourth-order valence-corrected chi connectivity index (χ4v) is 2.05. The molecule has 2 aromatic rings. The predicted octanol–water partition coefficient (Wildman–Crippen LogP) is 3.73. The molecule has 1 aromatic carbocycles. The maximum atomic E-state index is 13.4. The lowest BCUT2D eigenvalue weighted by molar-refractivity contribution is 0.545. The second-order valence-corrected chi connectivity index (χ2v) is 4.41. The van der Waals surface area contributed by atoms with Crippen molar-refractivity contribution in [2.24, 2.45) is 0 Å². The van der Waals surface area contributed by atoms with Crippen molar-refractivity contribution in [2.45, 2.75) is 13.0 Å². The van der Waals surface area contributed by atoms with Gasteiger partial charge in [0.05, 0.1) is 6.04 Å². The molecule has 1 unspecified atom stereocenters. The van der Waals surface area contributed by atoms with E-state index >= 15 is 0 Å². The van der Waals surface area contributed by atoms with Crippen LogP contribution in [0, 0.1) is 17.5 Å². The fraction of sp³-hybridized carbons (Fsp3) is 0.182. The summed E-state index contributed by atoms with van der Waals surface area (Å²) in [4.78, 5) is 4.03. The topological polar surface area (TPSA) is 24.9 Å². The molecule has 1 N–H and O–H groups in total. The maximum absolute atomic E-state index is 13.4. The Morgan fingerprint density at radius 1 is 1.24 bits per heavy atom. The van der Waals surface area contributed by atoms with E-state index in [4.69, 9.17) is 0 Å². The summed E-state index contributed by atoms with van der Waals surface area (Å²) >= 11 is 1.37. The van der Waals surface area contributed by atoms with Gasteiger partial charge in [0.25, 0.3) is 0 Å². The monoisotopic (exact) mass is 258 g/mol. The van der Waals surface area contributed by atoms with Gasteiger partial charge in [0.15, 0.2) is 11.6 Å². The van der Waals surface area contributed by atoms with Crippen LogP contribution in [0.3, 0.4) is 0 Å². The highest BCUT2D eigenvalue weighted by molar-refractivity contribution is 7.09. The van der Waals surface area contributed by atoms with Crippen LogP contribution in [-0.4, -0.2) is 4.98 Å². The van der Waals surface area contributed by atoms with Crippen LogP contribution in [0.1, 0.15) is 18.0 Å².